The monoisotopic (exact) mass is 628 g/mol. The van der Waals surface area contributed by atoms with Crippen molar-refractivity contribution in [1.29, 1.82) is 0 Å². The van der Waals surface area contributed by atoms with Gasteiger partial charge in [0.25, 0.3) is 5.91 Å². The molecule has 4 aromatic rings. The van der Waals surface area contributed by atoms with E-state index in [1.165, 1.54) is 0 Å². The van der Waals surface area contributed by atoms with Crippen molar-refractivity contribution in [1.82, 2.24) is 5.32 Å². The van der Waals surface area contributed by atoms with Crippen LogP contribution in [0.3, 0.4) is 0 Å². The fourth-order valence-electron chi connectivity index (χ4n) is 4.95. The van der Waals surface area contributed by atoms with Gasteiger partial charge >= 0.3 is 0 Å². The van der Waals surface area contributed by atoms with Gasteiger partial charge in [-0.3, -0.25) is 4.79 Å². The Hall–Kier alpha value is -4.14. The first-order chi connectivity index (χ1) is 20.5. The van der Waals surface area contributed by atoms with Crippen molar-refractivity contribution in [3.63, 3.8) is 0 Å². The van der Waals surface area contributed by atoms with Crippen LogP contribution in [-0.2, 0) is 22.5 Å². The molecule has 8 heteroatoms. The first kappa shape index (κ1) is 29.4. The molecule has 0 radical (unpaired) electrons. The number of hydrogen-bond donors (Lipinski definition) is 2. The summed E-state index contributed by atoms with van der Waals surface area (Å²) < 4.78 is 18.7. The highest BCUT2D eigenvalue weighted by molar-refractivity contribution is 9.10. The third-order valence-electron chi connectivity index (χ3n) is 7.14. The predicted octanol–water partition coefficient (Wildman–Crippen LogP) is 6.03. The summed E-state index contributed by atoms with van der Waals surface area (Å²) in [6.45, 7) is 0.842. The summed E-state index contributed by atoms with van der Waals surface area (Å²) in [5, 5.41) is 12.2. The highest BCUT2D eigenvalue weighted by Crippen LogP contribution is 2.44. The average molecular weight is 630 g/mol. The molecule has 0 spiro atoms. The Kier molecular flexibility index (Phi) is 9.56. The molecule has 0 unspecified atom stereocenters. The van der Waals surface area contributed by atoms with E-state index in [4.69, 9.17) is 24.3 Å². The molecule has 0 saturated carbocycles. The number of carbonyl (C=O) groups excluding carboxylic acids is 1. The molecule has 1 aliphatic heterocycles. The second-order valence-corrected chi connectivity index (χ2v) is 10.9. The Morgan fingerprint density at radius 3 is 2.48 bits per heavy atom. The van der Waals surface area contributed by atoms with Crippen molar-refractivity contribution >= 4 is 27.7 Å². The predicted molar refractivity (Wildman–Crippen MR) is 166 cm³/mol. The number of amides is 1. The molecule has 7 nitrogen and oxygen atoms in total. The number of methoxy groups -OCH3 is 1. The van der Waals surface area contributed by atoms with Gasteiger partial charge < -0.3 is 24.6 Å². The summed E-state index contributed by atoms with van der Waals surface area (Å²) in [6.07, 6.45) is 0.115. The molecule has 2 atom stereocenters. The lowest BCUT2D eigenvalue weighted by Gasteiger charge is -2.31. The minimum Gasteiger partial charge on any atom is -0.497 e. The van der Waals surface area contributed by atoms with E-state index in [1.807, 2.05) is 103 Å². The number of halogens is 1. The molecule has 0 bridgehead atoms. The number of aliphatic hydroxyl groups excluding tert-OH is 1. The third-order valence-corrected chi connectivity index (χ3v) is 7.91. The zero-order chi connectivity index (χ0) is 29.4. The van der Waals surface area contributed by atoms with Crippen molar-refractivity contribution in [3.05, 3.63) is 130 Å². The van der Waals surface area contributed by atoms with Crippen molar-refractivity contribution < 1.29 is 24.1 Å². The number of nitrogens with one attached hydrogen (secondary N) is 1. The first-order valence-electron chi connectivity index (χ1n) is 13.8. The van der Waals surface area contributed by atoms with Gasteiger partial charge in [0, 0.05) is 36.0 Å². The normalized spacial score (nSPS) is 17.7. The van der Waals surface area contributed by atoms with Crippen LogP contribution < -0.4 is 14.8 Å². The lowest BCUT2D eigenvalue weighted by molar-refractivity contribution is -0.129. The van der Waals surface area contributed by atoms with E-state index in [2.05, 4.69) is 21.2 Å². The zero-order valence-electron chi connectivity index (χ0n) is 23.3. The van der Waals surface area contributed by atoms with Gasteiger partial charge in [-0.05, 0) is 59.2 Å². The van der Waals surface area contributed by atoms with Gasteiger partial charge in [-0.15, -0.1) is 0 Å². The zero-order valence-corrected chi connectivity index (χ0v) is 24.9. The SMILES string of the molecule is COc1cccc([C@H]2OC(c3ccc(OCCCO)cc3)=N[C@@]2(Cc2ccccc2Br)C(=O)NCc2ccccc2)c1. The Morgan fingerprint density at radius 2 is 1.74 bits per heavy atom. The quantitative estimate of drug-likeness (QED) is 0.187. The van der Waals surface area contributed by atoms with Crippen LogP contribution in [0.1, 0.15) is 34.8 Å². The summed E-state index contributed by atoms with van der Waals surface area (Å²) in [4.78, 5) is 19.5. The third kappa shape index (κ3) is 6.66. The highest BCUT2D eigenvalue weighted by atomic mass is 79.9. The molecule has 42 heavy (non-hydrogen) atoms. The number of aliphatic hydroxyl groups is 1. The molecule has 5 rings (SSSR count). The van der Waals surface area contributed by atoms with Crippen LogP contribution >= 0.6 is 15.9 Å². The summed E-state index contributed by atoms with van der Waals surface area (Å²) in [6, 6.07) is 32.6. The molecular weight excluding hydrogens is 596 g/mol. The number of rotatable bonds is 12. The number of aliphatic imine (C=N–C) groups is 1. The second-order valence-electron chi connectivity index (χ2n) is 10.0. The fourth-order valence-corrected chi connectivity index (χ4v) is 5.38. The lowest BCUT2D eigenvalue weighted by atomic mass is 9.82. The summed E-state index contributed by atoms with van der Waals surface area (Å²) >= 11 is 3.67. The van der Waals surface area contributed by atoms with Gasteiger partial charge in [-0.25, -0.2) is 4.99 Å². The molecule has 216 valence electrons. The Bertz CT molecular complexity index is 1530. The molecule has 0 fully saturated rings. The topological polar surface area (TPSA) is 89.4 Å². The highest BCUT2D eigenvalue weighted by Gasteiger charge is 2.53. The van der Waals surface area contributed by atoms with E-state index in [0.717, 1.165) is 26.7 Å². The number of nitrogens with zero attached hydrogens (tertiary/aromatic N) is 1. The van der Waals surface area contributed by atoms with Crippen LogP contribution in [0.5, 0.6) is 11.5 Å². The van der Waals surface area contributed by atoms with Crippen LogP contribution in [0.15, 0.2) is 113 Å². The maximum atomic E-state index is 14.4. The number of ether oxygens (including phenoxy) is 3. The molecule has 1 aliphatic rings. The maximum Gasteiger partial charge on any atom is 0.252 e. The molecular formula is C34H33BrN2O5. The Labute approximate surface area is 254 Å². The minimum atomic E-state index is -1.32. The number of hydrogen-bond acceptors (Lipinski definition) is 6. The van der Waals surface area contributed by atoms with E-state index in [9.17, 15) is 4.79 Å². The molecule has 0 aliphatic carbocycles. The van der Waals surface area contributed by atoms with E-state index < -0.39 is 11.6 Å². The molecule has 1 amide bonds. The summed E-state index contributed by atoms with van der Waals surface area (Å²) in [5.41, 5.74) is 2.10. The second kappa shape index (κ2) is 13.7. The maximum absolute atomic E-state index is 14.4. The van der Waals surface area contributed by atoms with Gasteiger partial charge in [0.05, 0.1) is 13.7 Å². The smallest absolute Gasteiger partial charge is 0.252 e. The van der Waals surface area contributed by atoms with Crippen molar-refractivity contribution in [3.8, 4) is 11.5 Å². The van der Waals surface area contributed by atoms with Crippen LogP contribution in [0.25, 0.3) is 0 Å². The summed E-state index contributed by atoms with van der Waals surface area (Å²) in [7, 11) is 1.61. The Balaban J connectivity index is 1.57. The molecule has 0 aromatic heterocycles. The standard InChI is InChI=1S/C34H33BrN2O5/c1-40-29-13-7-12-26(21-29)31-34(22-27-11-5-6-14-30(27)35,33(39)36-23-24-9-3-2-4-10-24)37-32(42-31)25-15-17-28(18-16-25)41-20-8-19-38/h2-7,9-18,21,31,38H,8,19-20,22-23H2,1H3,(H,36,39)/t31-,34-/m1/s1. The van der Waals surface area contributed by atoms with Crippen molar-refractivity contribution in [2.75, 3.05) is 20.3 Å². The van der Waals surface area contributed by atoms with Gasteiger partial charge in [0.15, 0.2) is 11.6 Å². The summed E-state index contributed by atoms with van der Waals surface area (Å²) in [5.74, 6) is 1.46. The fraction of sp³-hybridized carbons (Fsp3) is 0.235. The molecule has 2 N–H and O–H groups in total. The average Bonchev–Trinajstić information content (AvgIpc) is 3.42. The van der Waals surface area contributed by atoms with E-state index in [1.54, 1.807) is 7.11 Å². The molecule has 4 aromatic carbocycles. The van der Waals surface area contributed by atoms with Crippen LogP contribution in [-0.4, -0.2) is 42.8 Å². The number of benzene rings is 4. The van der Waals surface area contributed by atoms with Crippen molar-refractivity contribution in [2.24, 2.45) is 4.99 Å². The lowest BCUT2D eigenvalue weighted by Crippen LogP contribution is -2.49. The van der Waals surface area contributed by atoms with Crippen LogP contribution in [0, 0.1) is 0 Å². The van der Waals surface area contributed by atoms with Crippen molar-refractivity contribution in [2.45, 2.75) is 31.0 Å². The van der Waals surface area contributed by atoms with Gasteiger partial charge in [-0.1, -0.05) is 76.6 Å². The number of carbonyl (C=O) groups is 1. The van der Waals surface area contributed by atoms with E-state index in [0.29, 0.717) is 43.4 Å². The first-order valence-corrected chi connectivity index (χ1v) is 14.6. The van der Waals surface area contributed by atoms with E-state index >= 15 is 0 Å². The molecule has 1 heterocycles. The van der Waals surface area contributed by atoms with Gasteiger partial charge in [0.1, 0.15) is 11.5 Å². The minimum absolute atomic E-state index is 0.0698. The van der Waals surface area contributed by atoms with Crippen LogP contribution in [0.4, 0.5) is 0 Å². The van der Waals surface area contributed by atoms with Crippen LogP contribution in [0.2, 0.25) is 0 Å². The Morgan fingerprint density at radius 1 is 0.976 bits per heavy atom. The molecule has 0 saturated heterocycles. The largest absolute Gasteiger partial charge is 0.497 e. The van der Waals surface area contributed by atoms with E-state index in [-0.39, 0.29) is 12.5 Å². The van der Waals surface area contributed by atoms with Gasteiger partial charge in [0.2, 0.25) is 5.90 Å². The van der Waals surface area contributed by atoms with Gasteiger partial charge in [-0.2, -0.15) is 0 Å².